The molecular weight excluding hydrogens is 508 g/mol. The predicted octanol–water partition coefficient (Wildman–Crippen LogP) is 4.94. The lowest BCUT2D eigenvalue weighted by atomic mass is 9.94. The number of nitrogens with zero attached hydrogens (tertiary/aromatic N) is 1. The van der Waals surface area contributed by atoms with Crippen molar-refractivity contribution < 1.29 is 23.9 Å². The third-order valence-electron chi connectivity index (χ3n) is 6.29. The van der Waals surface area contributed by atoms with Gasteiger partial charge in [0.05, 0.1) is 6.42 Å². The first-order chi connectivity index (χ1) is 18.4. The van der Waals surface area contributed by atoms with Crippen LogP contribution in [0.25, 0.3) is 0 Å². The van der Waals surface area contributed by atoms with Crippen LogP contribution in [0.3, 0.4) is 0 Å². The second kappa shape index (κ2) is 13.0. The summed E-state index contributed by atoms with van der Waals surface area (Å²) in [6.45, 7) is 16.3. The SMILES string of the molecule is CCc1ccc(C(C(=O)Nc2c(C)cccc2C)N(C(=O)C(CC(N)=O)NC(=O)OC(C)(C)C)C(C)(C)C)cc1. The van der Waals surface area contributed by atoms with Crippen LogP contribution in [0.15, 0.2) is 42.5 Å². The van der Waals surface area contributed by atoms with Crippen molar-refractivity contribution in [2.45, 2.75) is 98.4 Å². The molecule has 0 bridgehead atoms. The number of aryl methyl sites for hydroxylation is 3. The van der Waals surface area contributed by atoms with Gasteiger partial charge in [-0.15, -0.1) is 0 Å². The number of ether oxygens (including phenoxy) is 1. The average molecular weight is 553 g/mol. The minimum absolute atomic E-state index is 0.431. The molecule has 0 radical (unpaired) electrons. The van der Waals surface area contributed by atoms with Crippen molar-refractivity contribution in [1.82, 2.24) is 10.2 Å². The lowest BCUT2D eigenvalue weighted by Crippen LogP contribution is -2.58. The summed E-state index contributed by atoms with van der Waals surface area (Å²) in [4.78, 5) is 54.4. The average Bonchev–Trinajstić information content (AvgIpc) is 2.81. The summed E-state index contributed by atoms with van der Waals surface area (Å²) in [5, 5.41) is 5.53. The van der Waals surface area contributed by atoms with E-state index in [9.17, 15) is 19.2 Å². The Bertz CT molecular complexity index is 1210. The second-order valence-electron chi connectivity index (χ2n) is 12.0. The fraction of sp³-hybridized carbons (Fsp3) is 0.484. The molecule has 40 heavy (non-hydrogen) atoms. The number of nitrogens with two attached hydrogens (primary N) is 1. The van der Waals surface area contributed by atoms with Crippen molar-refractivity contribution in [3.63, 3.8) is 0 Å². The lowest BCUT2D eigenvalue weighted by Gasteiger charge is -2.43. The Hall–Kier alpha value is -3.88. The number of nitrogens with one attached hydrogen (secondary N) is 2. The molecule has 0 spiro atoms. The molecule has 2 aromatic rings. The summed E-state index contributed by atoms with van der Waals surface area (Å²) in [5.74, 6) is -1.86. The number of carbonyl (C=O) groups is 4. The van der Waals surface area contributed by atoms with Crippen LogP contribution in [0, 0.1) is 13.8 Å². The maximum absolute atomic E-state index is 14.2. The van der Waals surface area contributed by atoms with Crippen molar-refractivity contribution >= 4 is 29.5 Å². The van der Waals surface area contributed by atoms with Gasteiger partial charge in [0.2, 0.25) is 11.8 Å². The van der Waals surface area contributed by atoms with Gasteiger partial charge in [-0.1, -0.05) is 49.4 Å². The van der Waals surface area contributed by atoms with Crippen LogP contribution in [0.4, 0.5) is 10.5 Å². The smallest absolute Gasteiger partial charge is 0.408 e. The number of rotatable bonds is 9. The standard InChI is InChI=1S/C31H44N4O5/c1-10-21-14-16-22(17-15-21)26(27(37)34-25-19(2)12-11-13-20(25)3)35(30(4,5)6)28(38)23(18-24(32)36)33-29(39)40-31(7,8)9/h11-17,23,26H,10,18H2,1-9H3,(H2,32,36)(H,33,39)(H,34,37). The Labute approximate surface area is 237 Å². The Morgan fingerprint density at radius 2 is 1.48 bits per heavy atom. The van der Waals surface area contributed by atoms with Gasteiger partial charge in [0.25, 0.3) is 5.91 Å². The van der Waals surface area contributed by atoms with E-state index in [1.54, 1.807) is 41.5 Å². The highest BCUT2D eigenvalue weighted by Crippen LogP contribution is 2.32. The topological polar surface area (TPSA) is 131 Å². The van der Waals surface area contributed by atoms with Crippen molar-refractivity contribution in [3.05, 3.63) is 64.7 Å². The first-order valence-electron chi connectivity index (χ1n) is 13.5. The van der Waals surface area contributed by atoms with E-state index < -0.39 is 53.5 Å². The molecule has 4 N–H and O–H groups in total. The first-order valence-corrected chi connectivity index (χ1v) is 13.5. The molecule has 0 heterocycles. The van der Waals surface area contributed by atoms with E-state index in [1.165, 1.54) is 4.90 Å². The number of anilines is 1. The van der Waals surface area contributed by atoms with E-state index in [4.69, 9.17) is 10.5 Å². The second-order valence-corrected chi connectivity index (χ2v) is 12.0. The predicted molar refractivity (Wildman–Crippen MR) is 157 cm³/mol. The van der Waals surface area contributed by atoms with Crippen molar-refractivity contribution in [3.8, 4) is 0 Å². The minimum atomic E-state index is -1.35. The molecule has 9 heteroatoms. The first kappa shape index (κ1) is 32.3. The largest absolute Gasteiger partial charge is 0.444 e. The number of hydrogen-bond donors (Lipinski definition) is 3. The summed E-state index contributed by atoms with van der Waals surface area (Å²) in [6, 6.07) is 10.7. The molecule has 0 fully saturated rings. The van der Waals surface area contributed by atoms with E-state index in [1.807, 2.05) is 63.2 Å². The van der Waals surface area contributed by atoms with E-state index in [0.29, 0.717) is 11.3 Å². The maximum atomic E-state index is 14.2. The minimum Gasteiger partial charge on any atom is -0.444 e. The van der Waals surface area contributed by atoms with Gasteiger partial charge in [0.15, 0.2) is 0 Å². The Morgan fingerprint density at radius 3 is 1.93 bits per heavy atom. The van der Waals surface area contributed by atoms with E-state index >= 15 is 0 Å². The van der Waals surface area contributed by atoms with Gasteiger partial charge >= 0.3 is 6.09 Å². The zero-order valence-corrected chi connectivity index (χ0v) is 25.2. The number of para-hydroxylation sites is 1. The van der Waals surface area contributed by atoms with Gasteiger partial charge in [-0.25, -0.2) is 4.79 Å². The fourth-order valence-corrected chi connectivity index (χ4v) is 4.42. The van der Waals surface area contributed by atoms with Crippen LogP contribution in [0.2, 0.25) is 0 Å². The molecule has 0 aliphatic rings. The molecule has 9 nitrogen and oxygen atoms in total. The van der Waals surface area contributed by atoms with Crippen molar-refractivity contribution in [2.24, 2.45) is 5.73 Å². The van der Waals surface area contributed by atoms with Crippen LogP contribution >= 0.6 is 0 Å². The van der Waals surface area contributed by atoms with E-state index in [0.717, 1.165) is 23.1 Å². The molecule has 0 saturated heterocycles. The summed E-state index contributed by atoms with van der Waals surface area (Å²) >= 11 is 0. The summed E-state index contributed by atoms with van der Waals surface area (Å²) in [7, 11) is 0. The van der Waals surface area contributed by atoms with Crippen LogP contribution in [0.1, 0.15) is 83.2 Å². The maximum Gasteiger partial charge on any atom is 0.408 e. The highest BCUT2D eigenvalue weighted by Gasteiger charge is 2.42. The van der Waals surface area contributed by atoms with Gasteiger partial charge in [-0.3, -0.25) is 14.4 Å². The van der Waals surface area contributed by atoms with E-state index in [2.05, 4.69) is 10.6 Å². The number of carbonyl (C=O) groups excluding carboxylic acids is 4. The molecule has 2 aromatic carbocycles. The Morgan fingerprint density at radius 1 is 0.925 bits per heavy atom. The quantitative estimate of drug-likeness (QED) is 0.406. The Balaban J connectivity index is 2.65. The van der Waals surface area contributed by atoms with Crippen molar-refractivity contribution in [1.29, 1.82) is 0 Å². The van der Waals surface area contributed by atoms with E-state index in [-0.39, 0.29) is 0 Å². The normalized spacial score (nSPS) is 13.1. The highest BCUT2D eigenvalue weighted by atomic mass is 16.6. The molecule has 218 valence electrons. The number of hydrogen-bond acceptors (Lipinski definition) is 5. The van der Waals surface area contributed by atoms with Crippen molar-refractivity contribution in [2.75, 3.05) is 5.32 Å². The monoisotopic (exact) mass is 552 g/mol. The summed E-state index contributed by atoms with van der Waals surface area (Å²) < 4.78 is 5.34. The number of alkyl carbamates (subject to hydrolysis) is 1. The molecular formula is C31H44N4O5. The van der Waals surface area contributed by atoms with Crippen LogP contribution in [0.5, 0.6) is 0 Å². The van der Waals surface area contributed by atoms with Gasteiger partial charge in [-0.2, -0.15) is 0 Å². The van der Waals surface area contributed by atoms with Gasteiger partial charge in [0.1, 0.15) is 17.7 Å². The lowest BCUT2D eigenvalue weighted by molar-refractivity contribution is -0.147. The number of amides is 4. The third-order valence-corrected chi connectivity index (χ3v) is 6.29. The van der Waals surface area contributed by atoms with Crippen LogP contribution < -0.4 is 16.4 Å². The third kappa shape index (κ3) is 8.83. The number of primary amides is 1. The zero-order valence-electron chi connectivity index (χ0n) is 25.2. The van der Waals surface area contributed by atoms with Gasteiger partial charge < -0.3 is 26.0 Å². The molecule has 2 rings (SSSR count). The molecule has 0 aliphatic heterocycles. The molecule has 0 aromatic heterocycles. The molecule has 0 saturated carbocycles. The molecule has 4 amide bonds. The zero-order chi connectivity index (χ0) is 30.4. The van der Waals surface area contributed by atoms with Crippen LogP contribution in [-0.2, 0) is 25.5 Å². The summed E-state index contributed by atoms with van der Waals surface area (Å²) in [5.41, 5.74) is 7.80. The fourth-order valence-electron chi connectivity index (χ4n) is 4.42. The molecule has 2 unspecified atom stereocenters. The summed E-state index contributed by atoms with van der Waals surface area (Å²) in [6.07, 6.45) is -0.531. The van der Waals surface area contributed by atoms with Gasteiger partial charge in [0, 0.05) is 11.2 Å². The molecule has 2 atom stereocenters. The Kier molecular flexibility index (Phi) is 10.5. The number of benzene rings is 2. The van der Waals surface area contributed by atoms with Gasteiger partial charge in [-0.05, 0) is 84.1 Å². The highest BCUT2D eigenvalue weighted by molar-refractivity contribution is 6.00. The molecule has 0 aliphatic carbocycles. The van der Waals surface area contributed by atoms with Crippen LogP contribution in [-0.4, -0.2) is 45.9 Å².